The molecule has 0 N–H and O–H groups in total. The van der Waals surface area contributed by atoms with Crippen molar-refractivity contribution in [2.75, 3.05) is 0 Å². The standard InChI is InChI=1S/C15H11N.ClH/c1-2-6-13-11-14(9-8-12(13)5-1)15-7-3-4-10-16-15;/h1-11H;1H. The number of pyridine rings is 1. The van der Waals surface area contributed by atoms with Crippen molar-refractivity contribution in [1.82, 2.24) is 4.98 Å². The van der Waals surface area contributed by atoms with E-state index in [0.29, 0.717) is 0 Å². The molecule has 0 spiro atoms. The summed E-state index contributed by atoms with van der Waals surface area (Å²) in [7, 11) is 0. The molecule has 1 aromatic heterocycles. The predicted molar refractivity (Wildman–Crippen MR) is 74.4 cm³/mol. The van der Waals surface area contributed by atoms with Crippen LogP contribution in [0.2, 0.25) is 0 Å². The zero-order valence-electron chi connectivity index (χ0n) is 9.21. The Bertz CT molecular complexity index is 620. The Morgan fingerprint density at radius 1 is 0.706 bits per heavy atom. The summed E-state index contributed by atoms with van der Waals surface area (Å²) in [5, 5.41) is 2.52. The van der Waals surface area contributed by atoms with Crippen molar-refractivity contribution in [3.63, 3.8) is 0 Å². The van der Waals surface area contributed by atoms with Gasteiger partial charge < -0.3 is 0 Å². The minimum atomic E-state index is 0. The SMILES string of the molecule is Cl.c1ccc(-c2ccc3ccccc3c2)nc1. The van der Waals surface area contributed by atoms with Gasteiger partial charge in [-0.05, 0) is 29.0 Å². The van der Waals surface area contributed by atoms with Crippen LogP contribution in [0.15, 0.2) is 66.9 Å². The van der Waals surface area contributed by atoms with E-state index in [2.05, 4.69) is 47.4 Å². The van der Waals surface area contributed by atoms with Crippen molar-refractivity contribution in [3.8, 4) is 11.3 Å². The molecule has 0 aliphatic carbocycles. The predicted octanol–water partition coefficient (Wildman–Crippen LogP) is 4.32. The number of hydrogen-bond donors (Lipinski definition) is 0. The molecule has 0 bridgehead atoms. The molecule has 84 valence electrons. The summed E-state index contributed by atoms with van der Waals surface area (Å²) < 4.78 is 0. The maximum Gasteiger partial charge on any atom is 0.0702 e. The third-order valence-electron chi connectivity index (χ3n) is 2.71. The van der Waals surface area contributed by atoms with Crippen molar-refractivity contribution >= 4 is 23.2 Å². The Kier molecular flexibility index (Phi) is 3.40. The number of fused-ring (bicyclic) bond motifs is 1. The highest BCUT2D eigenvalue weighted by Crippen LogP contribution is 2.22. The molecule has 3 aromatic rings. The lowest BCUT2D eigenvalue weighted by Crippen LogP contribution is -1.81. The average molecular weight is 242 g/mol. The lowest BCUT2D eigenvalue weighted by molar-refractivity contribution is 1.33. The Hall–Kier alpha value is -1.86. The molecule has 0 radical (unpaired) electrons. The van der Waals surface area contributed by atoms with Crippen LogP contribution in [0.5, 0.6) is 0 Å². The van der Waals surface area contributed by atoms with Gasteiger partial charge in [-0.25, -0.2) is 0 Å². The van der Waals surface area contributed by atoms with Crippen molar-refractivity contribution in [3.05, 3.63) is 66.9 Å². The Morgan fingerprint density at radius 2 is 1.47 bits per heavy atom. The van der Waals surface area contributed by atoms with E-state index in [1.165, 1.54) is 16.3 Å². The molecule has 2 aromatic carbocycles. The average Bonchev–Trinajstić information content (AvgIpc) is 2.39. The highest BCUT2D eigenvalue weighted by atomic mass is 35.5. The fourth-order valence-corrected chi connectivity index (χ4v) is 1.88. The molecular weight excluding hydrogens is 230 g/mol. The van der Waals surface area contributed by atoms with Gasteiger partial charge in [0.2, 0.25) is 0 Å². The van der Waals surface area contributed by atoms with Gasteiger partial charge in [-0.3, -0.25) is 4.98 Å². The van der Waals surface area contributed by atoms with Crippen LogP contribution >= 0.6 is 12.4 Å². The molecule has 1 heterocycles. The van der Waals surface area contributed by atoms with Crippen molar-refractivity contribution in [2.45, 2.75) is 0 Å². The van der Waals surface area contributed by atoms with Crippen LogP contribution < -0.4 is 0 Å². The monoisotopic (exact) mass is 241 g/mol. The number of aromatic nitrogens is 1. The first-order valence-electron chi connectivity index (χ1n) is 5.34. The van der Waals surface area contributed by atoms with Gasteiger partial charge in [-0.1, -0.05) is 42.5 Å². The molecule has 0 aliphatic rings. The number of nitrogens with zero attached hydrogens (tertiary/aromatic N) is 1. The summed E-state index contributed by atoms with van der Waals surface area (Å²) in [6.07, 6.45) is 1.82. The van der Waals surface area contributed by atoms with Gasteiger partial charge in [0.15, 0.2) is 0 Å². The Labute approximate surface area is 107 Å². The first kappa shape index (κ1) is 11.6. The summed E-state index contributed by atoms with van der Waals surface area (Å²) in [5.41, 5.74) is 2.19. The van der Waals surface area contributed by atoms with E-state index in [1.807, 2.05) is 24.4 Å². The molecule has 17 heavy (non-hydrogen) atoms. The first-order valence-corrected chi connectivity index (χ1v) is 5.34. The van der Waals surface area contributed by atoms with Crippen LogP contribution in [0.1, 0.15) is 0 Å². The van der Waals surface area contributed by atoms with E-state index in [1.54, 1.807) is 0 Å². The maximum absolute atomic E-state index is 4.36. The Morgan fingerprint density at radius 3 is 2.24 bits per heavy atom. The molecule has 0 aliphatic heterocycles. The van der Waals surface area contributed by atoms with Crippen LogP contribution in [-0.2, 0) is 0 Å². The molecule has 1 nitrogen and oxygen atoms in total. The summed E-state index contributed by atoms with van der Waals surface area (Å²) >= 11 is 0. The summed E-state index contributed by atoms with van der Waals surface area (Å²) in [4.78, 5) is 4.36. The van der Waals surface area contributed by atoms with Gasteiger partial charge in [0.25, 0.3) is 0 Å². The molecule has 0 unspecified atom stereocenters. The van der Waals surface area contributed by atoms with E-state index in [-0.39, 0.29) is 12.4 Å². The fourth-order valence-electron chi connectivity index (χ4n) is 1.88. The van der Waals surface area contributed by atoms with E-state index < -0.39 is 0 Å². The second-order valence-electron chi connectivity index (χ2n) is 3.78. The quantitative estimate of drug-likeness (QED) is 0.618. The molecule has 0 atom stereocenters. The van der Waals surface area contributed by atoms with E-state index in [0.717, 1.165) is 5.69 Å². The lowest BCUT2D eigenvalue weighted by Gasteiger charge is -2.02. The van der Waals surface area contributed by atoms with Gasteiger partial charge in [0, 0.05) is 11.8 Å². The normalized spacial score (nSPS) is 9.88. The third kappa shape index (κ3) is 2.29. The van der Waals surface area contributed by atoms with Gasteiger partial charge >= 0.3 is 0 Å². The summed E-state index contributed by atoms with van der Waals surface area (Å²) in [5.74, 6) is 0. The van der Waals surface area contributed by atoms with Gasteiger partial charge in [0.1, 0.15) is 0 Å². The smallest absolute Gasteiger partial charge is 0.0702 e. The van der Waals surface area contributed by atoms with E-state index >= 15 is 0 Å². The largest absolute Gasteiger partial charge is 0.256 e. The van der Waals surface area contributed by atoms with E-state index in [4.69, 9.17) is 0 Å². The number of hydrogen-bond acceptors (Lipinski definition) is 1. The number of rotatable bonds is 1. The molecule has 0 fully saturated rings. The molecule has 2 heteroatoms. The summed E-state index contributed by atoms with van der Waals surface area (Å²) in [6.45, 7) is 0. The number of benzene rings is 2. The Balaban J connectivity index is 0.00000108. The second kappa shape index (κ2) is 4.98. The molecular formula is C15H12ClN. The molecule has 0 amide bonds. The molecule has 0 saturated carbocycles. The van der Waals surface area contributed by atoms with Crippen molar-refractivity contribution < 1.29 is 0 Å². The summed E-state index contributed by atoms with van der Waals surface area (Å²) in [6, 6.07) is 20.8. The van der Waals surface area contributed by atoms with Crippen LogP contribution in [0.4, 0.5) is 0 Å². The second-order valence-corrected chi connectivity index (χ2v) is 3.78. The van der Waals surface area contributed by atoms with Crippen molar-refractivity contribution in [2.24, 2.45) is 0 Å². The van der Waals surface area contributed by atoms with Crippen LogP contribution in [0.25, 0.3) is 22.0 Å². The van der Waals surface area contributed by atoms with Gasteiger partial charge in [-0.15, -0.1) is 12.4 Å². The zero-order chi connectivity index (χ0) is 10.8. The zero-order valence-corrected chi connectivity index (χ0v) is 10.0. The van der Waals surface area contributed by atoms with Crippen LogP contribution in [0.3, 0.4) is 0 Å². The van der Waals surface area contributed by atoms with Gasteiger partial charge in [0.05, 0.1) is 5.69 Å². The highest BCUT2D eigenvalue weighted by molar-refractivity contribution is 5.86. The molecule has 0 saturated heterocycles. The van der Waals surface area contributed by atoms with Crippen molar-refractivity contribution in [1.29, 1.82) is 0 Å². The topological polar surface area (TPSA) is 12.9 Å². The van der Waals surface area contributed by atoms with Crippen LogP contribution in [0, 0.1) is 0 Å². The van der Waals surface area contributed by atoms with E-state index in [9.17, 15) is 0 Å². The maximum atomic E-state index is 4.36. The highest BCUT2D eigenvalue weighted by Gasteiger charge is 1.99. The number of halogens is 1. The van der Waals surface area contributed by atoms with Gasteiger partial charge in [-0.2, -0.15) is 0 Å². The minimum absolute atomic E-state index is 0. The minimum Gasteiger partial charge on any atom is -0.256 e. The first-order chi connectivity index (χ1) is 7.93. The van der Waals surface area contributed by atoms with Crippen LogP contribution in [-0.4, -0.2) is 4.98 Å². The fraction of sp³-hybridized carbons (Fsp3) is 0. The lowest BCUT2D eigenvalue weighted by atomic mass is 10.0. The molecule has 3 rings (SSSR count). The third-order valence-corrected chi connectivity index (χ3v) is 2.71.